The van der Waals surface area contributed by atoms with E-state index < -0.39 is 13.3 Å². The first-order valence-electron chi connectivity index (χ1n) is 18.9. The van der Waals surface area contributed by atoms with Gasteiger partial charge in [0, 0.05) is 38.0 Å². The smallest absolute Gasteiger partial charge is 0 e. The number of nitrogens with zero attached hydrogens (tertiary/aromatic N) is 1. The summed E-state index contributed by atoms with van der Waals surface area (Å²) in [6.45, 7) is 25.8. The number of benzene rings is 3. The second kappa shape index (κ2) is 17.4. The van der Waals surface area contributed by atoms with Crippen molar-refractivity contribution < 1.29 is 30.0 Å². The molecule has 3 aromatic carbocycles. The number of aliphatic hydroxyl groups is 1. The number of hydrogen-bond acceptors (Lipinski definition) is 4. The van der Waals surface area contributed by atoms with E-state index >= 15 is 0 Å². The minimum absolute atomic E-state index is 0. The van der Waals surface area contributed by atoms with E-state index in [0.717, 1.165) is 16.6 Å². The van der Waals surface area contributed by atoms with Gasteiger partial charge in [0.15, 0.2) is 5.78 Å². The molecule has 0 atom stereocenters. The zero-order valence-corrected chi connectivity index (χ0v) is 39.6. The van der Waals surface area contributed by atoms with Gasteiger partial charge in [-0.1, -0.05) is 55.4 Å². The fraction of sp³-hybridized carbons (Fsp3) is 0.478. The Morgan fingerprint density at radius 1 is 0.808 bits per heavy atom. The van der Waals surface area contributed by atoms with Crippen LogP contribution in [0.4, 0.5) is 0 Å². The number of rotatable bonds is 9. The number of aliphatic hydroxyl groups excluding tert-OH is 1. The molecular weight excluding hydrogens is 895 g/mol. The number of aryl methyl sites for hydroxylation is 1. The predicted octanol–water partition coefficient (Wildman–Crippen LogP) is 13.1. The molecule has 0 amide bonds. The molecular formula is C46H62GeIrNO2S-. The average molecular weight is 958 g/mol. The zero-order valence-electron chi connectivity index (χ0n) is 34.3. The first-order valence-corrected chi connectivity index (χ1v) is 27.0. The Kier molecular flexibility index (Phi) is 14.8. The minimum Gasteiger partial charge on any atom is 0 e. The van der Waals surface area contributed by atoms with Crippen molar-refractivity contribution in [2.24, 2.45) is 35.5 Å². The quantitative estimate of drug-likeness (QED) is 0.0693. The molecule has 0 spiro atoms. The number of aromatic nitrogens is 1. The van der Waals surface area contributed by atoms with Gasteiger partial charge in [0.25, 0.3) is 0 Å². The van der Waals surface area contributed by atoms with E-state index in [2.05, 4.69) is 155 Å². The van der Waals surface area contributed by atoms with Crippen LogP contribution in [0.1, 0.15) is 87.3 Å². The maximum Gasteiger partial charge on any atom is 0 e. The molecule has 0 unspecified atom stereocenters. The van der Waals surface area contributed by atoms with Crippen molar-refractivity contribution in [3.63, 3.8) is 0 Å². The van der Waals surface area contributed by atoms with Gasteiger partial charge >= 0.3 is 198 Å². The first kappa shape index (κ1) is 44.1. The Balaban J connectivity index is 0.000000317. The first-order chi connectivity index (χ1) is 23.6. The van der Waals surface area contributed by atoms with E-state index in [1.54, 1.807) is 4.40 Å². The summed E-state index contributed by atoms with van der Waals surface area (Å²) in [7, 11) is 0. The van der Waals surface area contributed by atoms with Crippen LogP contribution in [0.2, 0.25) is 17.3 Å². The van der Waals surface area contributed by atoms with Gasteiger partial charge in [0.1, 0.15) is 0 Å². The fourth-order valence-corrected chi connectivity index (χ4v) is 13.4. The zero-order chi connectivity index (χ0) is 38.2. The van der Waals surface area contributed by atoms with Crippen molar-refractivity contribution in [2.45, 2.75) is 106 Å². The van der Waals surface area contributed by atoms with Gasteiger partial charge in [-0.15, -0.1) is 0 Å². The molecule has 1 radical (unpaired) electrons. The molecule has 2 aromatic heterocycles. The van der Waals surface area contributed by atoms with Crippen molar-refractivity contribution in [1.29, 1.82) is 0 Å². The molecule has 6 heteroatoms. The van der Waals surface area contributed by atoms with Gasteiger partial charge in [-0.2, -0.15) is 0 Å². The summed E-state index contributed by atoms with van der Waals surface area (Å²) in [4.78, 5) is 17.2. The van der Waals surface area contributed by atoms with Gasteiger partial charge in [0.2, 0.25) is 0 Å². The van der Waals surface area contributed by atoms with Crippen molar-refractivity contribution >= 4 is 65.7 Å². The van der Waals surface area contributed by atoms with Gasteiger partial charge in [-0.3, -0.25) is 4.79 Å². The second-order valence-corrected chi connectivity index (χ2v) is 29.5. The van der Waals surface area contributed by atoms with Crippen LogP contribution in [0.3, 0.4) is 0 Å². The number of fused-ring (bicyclic) bond motifs is 4. The maximum absolute atomic E-state index is 12.3. The molecule has 0 fully saturated rings. The van der Waals surface area contributed by atoms with Crippen molar-refractivity contribution in [1.82, 2.24) is 4.98 Å². The van der Waals surface area contributed by atoms with Crippen LogP contribution in [0.25, 0.3) is 42.2 Å². The molecule has 0 aliphatic carbocycles. The molecule has 0 aliphatic heterocycles. The predicted molar refractivity (Wildman–Crippen MR) is 227 cm³/mol. The number of hydrogen-bond donors (Lipinski definition) is 1. The normalized spacial score (nSPS) is 12.9. The van der Waals surface area contributed by atoms with Crippen LogP contribution in [0.15, 0.2) is 66.6 Å². The average Bonchev–Trinajstić information content (AvgIpc) is 3.39. The molecule has 1 N–H and O–H groups in total. The maximum atomic E-state index is 12.3. The Hall–Kier alpha value is -2.31. The molecule has 5 rings (SSSR count). The molecule has 52 heavy (non-hydrogen) atoms. The Bertz CT molecular complexity index is 2030. The van der Waals surface area contributed by atoms with Crippen LogP contribution in [0.5, 0.6) is 0 Å². The molecule has 0 bridgehead atoms. The van der Waals surface area contributed by atoms with E-state index in [1.807, 2.05) is 17.5 Å². The number of carbonyl (C=O) groups is 1. The topological polar surface area (TPSA) is 50.2 Å². The van der Waals surface area contributed by atoms with Gasteiger partial charge < -0.3 is 5.11 Å². The van der Waals surface area contributed by atoms with Crippen LogP contribution in [-0.4, -0.2) is 29.1 Å². The van der Waals surface area contributed by atoms with E-state index in [9.17, 15) is 9.90 Å². The van der Waals surface area contributed by atoms with E-state index in [4.69, 9.17) is 4.98 Å². The number of pyridine rings is 1. The number of allylic oxidation sites excluding steroid dienone is 2. The molecule has 2 heterocycles. The summed E-state index contributed by atoms with van der Waals surface area (Å²) in [5.41, 5.74) is 5.01. The molecule has 283 valence electrons. The van der Waals surface area contributed by atoms with Gasteiger partial charge in [-0.05, 0) is 23.7 Å². The summed E-state index contributed by atoms with van der Waals surface area (Å²) in [5.74, 6) is 9.06. The summed E-state index contributed by atoms with van der Waals surface area (Å²) in [6.07, 6.45) is 3.45. The Morgan fingerprint density at radius 3 is 1.90 bits per heavy atom. The fourth-order valence-electron chi connectivity index (χ4n) is 8.10. The van der Waals surface area contributed by atoms with Gasteiger partial charge in [-0.25, -0.2) is 0 Å². The molecule has 0 saturated carbocycles. The van der Waals surface area contributed by atoms with Crippen LogP contribution < -0.4 is 4.40 Å². The minimum atomic E-state index is -1.93. The summed E-state index contributed by atoms with van der Waals surface area (Å²) in [6, 6.07) is 21.5. The standard InChI is InChI=1S/C29H30GeNS.C17H32O2.Ir/c1-18-25(30(5,6)7)13-12-22-23-14-15-31-26(28(23)32-27(18)22)20-16-19-10-8-9-11-21(19)24(17-20)29(2,3)4;1-10(2)16(11(3)4)14(18)9-15(19)17(12(5)6)13(7)8;/h8-15,17H,1-7H3;9-13,16-18H,1-8H3;/q-1;;/b;14-9-;. The number of ketones is 1. The van der Waals surface area contributed by atoms with E-state index in [1.165, 1.54) is 42.8 Å². The van der Waals surface area contributed by atoms with Crippen LogP contribution in [-0.2, 0) is 30.3 Å². The molecule has 0 saturated heterocycles. The molecule has 3 nitrogen and oxygen atoms in total. The summed E-state index contributed by atoms with van der Waals surface area (Å²) < 4.78 is 4.30. The number of carbonyl (C=O) groups excluding carboxylic acids is 1. The van der Waals surface area contributed by atoms with Crippen molar-refractivity contribution in [2.75, 3.05) is 0 Å². The summed E-state index contributed by atoms with van der Waals surface area (Å²) in [5, 5.41) is 15.4. The second-order valence-electron chi connectivity index (χ2n) is 17.9. The van der Waals surface area contributed by atoms with Crippen molar-refractivity contribution in [3.8, 4) is 11.3 Å². The Labute approximate surface area is 334 Å². The third kappa shape index (κ3) is 9.67. The largest absolute Gasteiger partial charge is 0 e. The third-order valence-corrected chi connectivity index (χ3v) is 16.2. The van der Waals surface area contributed by atoms with Crippen LogP contribution in [0, 0.1) is 48.5 Å². The van der Waals surface area contributed by atoms with Gasteiger partial charge in [0.05, 0.1) is 5.76 Å². The SMILES string of the molecule is CC(C)C(C(=O)/C=C(\O)C(C(C)C)C(C)C)C(C)C.Cc1[c]([Ge]([CH3])([CH3])[CH3])ccc2c1sc1c(-c3[c-]c4ccccc4c(C(C)(C)C)c3)nccc12.[Ir]. The van der Waals surface area contributed by atoms with E-state index in [-0.39, 0.29) is 48.9 Å². The van der Waals surface area contributed by atoms with E-state index in [0.29, 0.717) is 23.7 Å². The van der Waals surface area contributed by atoms with Crippen LogP contribution >= 0.6 is 11.3 Å². The third-order valence-electron chi connectivity index (χ3n) is 10.3. The monoisotopic (exact) mass is 959 g/mol. The molecule has 5 aromatic rings. The Morgan fingerprint density at radius 2 is 1.37 bits per heavy atom. The number of thiophene rings is 1. The van der Waals surface area contributed by atoms with Crippen molar-refractivity contribution in [3.05, 3.63) is 83.8 Å². The molecule has 0 aliphatic rings. The summed E-state index contributed by atoms with van der Waals surface area (Å²) >= 11 is -0.0228.